The highest BCUT2D eigenvalue weighted by molar-refractivity contribution is 5.76. The Morgan fingerprint density at radius 2 is 2.18 bits per heavy atom. The molecule has 2 N–H and O–H groups in total. The van der Waals surface area contributed by atoms with Gasteiger partial charge in [0, 0.05) is 32.0 Å². The molecule has 0 saturated carbocycles. The van der Waals surface area contributed by atoms with Crippen molar-refractivity contribution >= 4 is 11.9 Å². The maximum absolute atomic E-state index is 11.3. The summed E-state index contributed by atoms with van der Waals surface area (Å²) in [5.41, 5.74) is 0.818. The van der Waals surface area contributed by atoms with Gasteiger partial charge in [-0.1, -0.05) is 0 Å². The topological polar surface area (TPSA) is 92.2 Å². The summed E-state index contributed by atoms with van der Waals surface area (Å²) >= 11 is 0. The quantitative estimate of drug-likeness (QED) is 0.715. The summed E-state index contributed by atoms with van der Waals surface area (Å²) in [5, 5.41) is 18.7. The number of hydrogen-bond acceptors (Lipinski definition) is 4. The van der Waals surface area contributed by atoms with E-state index in [0.29, 0.717) is 19.4 Å². The molecule has 1 aromatic heterocycles. The van der Waals surface area contributed by atoms with Crippen molar-refractivity contribution in [2.75, 3.05) is 6.54 Å². The first-order valence-electron chi connectivity index (χ1n) is 5.43. The summed E-state index contributed by atoms with van der Waals surface area (Å²) in [5.74, 6) is -1.01. The molecule has 6 nitrogen and oxygen atoms in total. The Morgan fingerprint density at radius 3 is 2.82 bits per heavy atom. The van der Waals surface area contributed by atoms with Crippen LogP contribution in [0.4, 0.5) is 0 Å². The van der Waals surface area contributed by atoms with Gasteiger partial charge in [0.05, 0.1) is 5.69 Å². The molecule has 0 spiro atoms. The summed E-state index contributed by atoms with van der Waals surface area (Å²) in [6.07, 6.45) is 2.85. The molecule has 0 aliphatic heterocycles. The summed E-state index contributed by atoms with van der Waals surface area (Å²) in [7, 11) is 0. The van der Waals surface area contributed by atoms with Crippen LogP contribution < -0.4 is 5.32 Å². The molecule has 17 heavy (non-hydrogen) atoms. The molecule has 0 fully saturated rings. The Labute approximate surface area is 99.1 Å². The van der Waals surface area contributed by atoms with Crippen molar-refractivity contribution < 1.29 is 14.7 Å². The van der Waals surface area contributed by atoms with Crippen LogP contribution in [0, 0.1) is 0 Å². The number of aliphatic carboxylic acids is 1. The van der Waals surface area contributed by atoms with Crippen molar-refractivity contribution in [3.05, 3.63) is 24.0 Å². The zero-order chi connectivity index (χ0) is 12.5. The van der Waals surface area contributed by atoms with Gasteiger partial charge in [-0.15, -0.1) is 0 Å². The Morgan fingerprint density at radius 1 is 1.35 bits per heavy atom. The summed E-state index contributed by atoms with van der Waals surface area (Å²) < 4.78 is 0. The van der Waals surface area contributed by atoms with Gasteiger partial charge in [0.15, 0.2) is 0 Å². The van der Waals surface area contributed by atoms with Gasteiger partial charge in [-0.2, -0.15) is 10.2 Å². The van der Waals surface area contributed by atoms with E-state index in [4.69, 9.17) is 5.11 Å². The molecule has 0 aromatic carbocycles. The lowest BCUT2D eigenvalue weighted by Gasteiger charge is -2.03. The number of nitrogens with zero attached hydrogens (tertiary/aromatic N) is 2. The zero-order valence-electron chi connectivity index (χ0n) is 9.43. The predicted octanol–water partition coefficient (Wildman–Crippen LogP) is 0.390. The van der Waals surface area contributed by atoms with E-state index in [2.05, 4.69) is 15.5 Å². The third-order valence-corrected chi connectivity index (χ3v) is 2.13. The van der Waals surface area contributed by atoms with Crippen LogP contribution in [0.1, 0.15) is 25.0 Å². The van der Waals surface area contributed by atoms with Gasteiger partial charge in [0.2, 0.25) is 5.91 Å². The standard InChI is InChI=1S/C11H15N3O3/c15-10(4-1-5-11(16)17)12-8-6-9-3-2-7-13-14-9/h2-3,7H,1,4-6,8H2,(H,12,15)(H,16,17). The van der Waals surface area contributed by atoms with Gasteiger partial charge >= 0.3 is 5.97 Å². The van der Waals surface area contributed by atoms with Crippen LogP contribution in [0.25, 0.3) is 0 Å². The van der Waals surface area contributed by atoms with Crippen molar-refractivity contribution in [3.8, 4) is 0 Å². The Kier molecular flexibility index (Phi) is 5.63. The fourth-order valence-corrected chi connectivity index (χ4v) is 1.29. The minimum Gasteiger partial charge on any atom is -0.481 e. The SMILES string of the molecule is O=C(O)CCCC(=O)NCCc1cccnn1. The number of carbonyl (C=O) groups is 2. The lowest BCUT2D eigenvalue weighted by molar-refractivity contribution is -0.137. The van der Waals surface area contributed by atoms with E-state index in [9.17, 15) is 9.59 Å². The van der Waals surface area contributed by atoms with Gasteiger partial charge in [-0.3, -0.25) is 9.59 Å². The number of carbonyl (C=O) groups excluding carboxylic acids is 1. The van der Waals surface area contributed by atoms with Crippen LogP contribution in [0.5, 0.6) is 0 Å². The number of nitrogens with one attached hydrogen (secondary N) is 1. The molecule has 0 saturated heterocycles. The second-order valence-corrected chi connectivity index (χ2v) is 3.56. The minimum atomic E-state index is -0.877. The second-order valence-electron chi connectivity index (χ2n) is 3.56. The lowest BCUT2D eigenvalue weighted by atomic mass is 10.2. The number of carboxylic acid groups (broad SMARTS) is 1. The smallest absolute Gasteiger partial charge is 0.303 e. The van der Waals surface area contributed by atoms with Gasteiger partial charge < -0.3 is 10.4 Å². The van der Waals surface area contributed by atoms with E-state index >= 15 is 0 Å². The zero-order valence-corrected chi connectivity index (χ0v) is 9.43. The van der Waals surface area contributed by atoms with Crippen molar-refractivity contribution in [3.63, 3.8) is 0 Å². The predicted molar refractivity (Wildman–Crippen MR) is 60.2 cm³/mol. The molecular formula is C11H15N3O3. The monoisotopic (exact) mass is 237 g/mol. The van der Waals surface area contributed by atoms with Crippen molar-refractivity contribution in [1.82, 2.24) is 15.5 Å². The normalized spacial score (nSPS) is 9.88. The molecule has 1 heterocycles. The third-order valence-electron chi connectivity index (χ3n) is 2.13. The number of carboxylic acids is 1. The van der Waals surface area contributed by atoms with Crippen LogP contribution >= 0.6 is 0 Å². The Balaban J connectivity index is 2.10. The number of amides is 1. The van der Waals surface area contributed by atoms with E-state index in [1.165, 1.54) is 0 Å². The molecule has 0 bridgehead atoms. The highest BCUT2D eigenvalue weighted by atomic mass is 16.4. The highest BCUT2D eigenvalue weighted by Crippen LogP contribution is 1.95. The van der Waals surface area contributed by atoms with Crippen molar-refractivity contribution in [2.24, 2.45) is 0 Å². The average molecular weight is 237 g/mol. The summed E-state index contributed by atoms with van der Waals surface area (Å²) in [6.45, 7) is 0.491. The van der Waals surface area contributed by atoms with Gasteiger partial charge in [-0.05, 0) is 18.6 Å². The number of hydrogen-bond donors (Lipinski definition) is 2. The second kappa shape index (κ2) is 7.32. The van der Waals surface area contributed by atoms with E-state index in [1.807, 2.05) is 6.07 Å². The molecule has 6 heteroatoms. The summed E-state index contributed by atoms with van der Waals surface area (Å²) in [4.78, 5) is 21.5. The molecule has 0 unspecified atom stereocenters. The van der Waals surface area contributed by atoms with E-state index in [0.717, 1.165) is 5.69 Å². The van der Waals surface area contributed by atoms with E-state index in [1.54, 1.807) is 12.3 Å². The Bertz CT molecular complexity index is 367. The van der Waals surface area contributed by atoms with Gasteiger partial charge in [0.25, 0.3) is 0 Å². The molecule has 0 radical (unpaired) electrons. The molecule has 0 aliphatic carbocycles. The van der Waals surface area contributed by atoms with Crippen LogP contribution in [-0.4, -0.2) is 33.7 Å². The van der Waals surface area contributed by atoms with Crippen LogP contribution in [0.3, 0.4) is 0 Å². The van der Waals surface area contributed by atoms with Crippen LogP contribution in [0.2, 0.25) is 0 Å². The molecule has 0 aliphatic rings. The fraction of sp³-hybridized carbons (Fsp3) is 0.455. The molecule has 92 valence electrons. The maximum atomic E-state index is 11.3. The number of rotatable bonds is 7. The third kappa shape index (κ3) is 6.24. The first-order chi connectivity index (χ1) is 8.18. The largest absolute Gasteiger partial charge is 0.481 e. The maximum Gasteiger partial charge on any atom is 0.303 e. The number of aromatic nitrogens is 2. The van der Waals surface area contributed by atoms with Crippen LogP contribution in [0.15, 0.2) is 18.3 Å². The van der Waals surface area contributed by atoms with Crippen molar-refractivity contribution in [2.45, 2.75) is 25.7 Å². The van der Waals surface area contributed by atoms with Gasteiger partial charge in [-0.25, -0.2) is 0 Å². The minimum absolute atomic E-state index is 0.0254. The fourth-order valence-electron chi connectivity index (χ4n) is 1.29. The molecular weight excluding hydrogens is 222 g/mol. The summed E-state index contributed by atoms with van der Waals surface area (Å²) in [6, 6.07) is 3.63. The lowest BCUT2D eigenvalue weighted by Crippen LogP contribution is -2.25. The molecule has 0 atom stereocenters. The van der Waals surface area contributed by atoms with Crippen LogP contribution in [-0.2, 0) is 16.0 Å². The first-order valence-corrected chi connectivity index (χ1v) is 5.43. The van der Waals surface area contributed by atoms with Crippen molar-refractivity contribution in [1.29, 1.82) is 0 Å². The van der Waals surface area contributed by atoms with E-state index < -0.39 is 5.97 Å². The van der Waals surface area contributed by atoms with Gasteiger partial charge in [0.1, 0.15) is 0 Å². The molecule has 1 rings (SSSR count). The first kappa shape index (κ1) is 13.1. The molecule has 1 aromatic rings. The average Bonchev–Trinajstić information content (AvgIpc) is 2.30. The Hall–Kier alpha value is -1.98. The molecule has 1 amide bonds. The highest BCUT2D eigenvalue weighted by Gasteiger charge is 2.03. The van der Waals surface area contributed by atoms with E-state index in [-0.39, 0.29) is 18.7 Å².